The molecular formula is C12H20N2O8Pb. The number of hydrogen-bond donors (Lipinski definition) is 2. The van der Waals surface area contributed by atoms with Gasteiger partial charge in [0.1, 0.15) is 0 Å². The minimum absolute atomic E-state index is 0. The van der Waals surface area contributed by atoms with Crippen LogP contribution in [0.2, 0.25) is 0 Å². The van der Waals surface area contributed by atoms with Gasteiger partial charge >= 0.3 is 39.5 Å². The van der Waals surface area contributed by atoms with E-state index in [2.05, 4.69) is 34.1 Å². The van der Waals surface area contributed by atoms with Crippen molar-refractivity contribution in [1.29, 1.82) is 0 Å². The van der Waals surface area contributed by atoms with Crippen LogP contribution >= 0.6 is 0 Å². The summed E-state index contributed by atoms with van der Waals surface area (Å²) in [7, 11) is 0. The Balaban J connectivity index is -0.0000000620. The summed E-state index contributed by atoms with van der Waals surface area (Å²) in [5.41, 5.74) is 9.08. The van der Waals surface area contributed by atoms with Gasteiger partial charge in [-0.2, -0.15) is 0 Å². The average molecular weight is 527 g/mol. The van der Waals surface area contributed by atoms with Crippen LogP contribution in [0.1, 0.15) is 13.8 Å². The molecule has 0 unspecified atom stereocenters. The molecule has 11 heteroatoms. The Labute approximate surface area is 154 Å². The number of amides is 2. The number of carbonyl (C=O) groups excluding carboxylic acids is 4. The third kappa shape index (κ3) is 102. The molecule has 0 aliphatic carbocycles. The maximum absolute atomic E-state index is 9.60. The molecule has 2 amide bonds. The zero-order valence-corrected chi connectivity index (χ0v) is 16.8. The molecule has 0 rings (SSSR count). The Hall–Kier alpha value is -2.12. The second kappa shape index (κ2) is 28.1. The largest absolute Gasteiger partial charge is 2.00 e. The number of hydrogen-bond acceptors (Lipinski definition) is 8. The molecular weight excluding hydrogens is 507 g/mol. The van der Waals surface area contributed by atoms with Gasteiger partial charge in [-0.1, -0.05) is 13.2 Å². The molecule has 0 fully saturated rings. The Morgan fingerprint density at radius 2 is 1.04 bits per heavy atom. The Morgan fingerprint density at radius 1 is 0.870 bits per heavy atom. The Morgan fingerprint density at radius 3 is 1.04 bits per heavy atom. The predicted molar refractivity (Wildman–Crippen MR) is 78.6 cm³/mol. The molecule has 23 heavy (non-hydrogen) atoms. The number of ether oxygens (including phenoxy) is 2. The number of carboxylic acid groups (broad SMARTS) is 2. The summed E-state index contributed by atoms with van der Waals surface area (Å²) in [6.45, 7) is 9.91. The van der Waals surface area contributed by atoms with Crippen LogP contribution in [0.15, 0.2) is 25.3 Å². The molecule has 0 aromatic carbocycles. The average Bonchev–Trinajstić information content (AvgIpc) is 2.40. The first-order valence-electron chi connectivity index (χ1n) is 5.60. The van der Waals surface area contributed by atoms with E-state index < -0.39 is 24.1 Å². The standard InChI is InChI=1S/2C3H7NO2.2C3H4O2.Pb/c2*1-2-6-3(4)5;2*1-2-3(4)5;/h2*2H2,1H3,(H2,4,5);2*2H,1H2,(H,4,5);/q;;;;+2/p-2. The SMILES string of the molecule is C=CC(=O)[O-].C=CC(=O)[O-].CCOC(N)=O.CCOC(N)=O.[Pb+2]. The van der Waals surface area contributed by atoms with E-state index in [0.29, 0.717) is 13.2 Å². The first-order chi connectivity index (χ1) is 10.1. The van der Waals surface area contributed by atoms with Crippen LogP contribution in [-0.2, 0) is 19.1 Å². The number of carbonyl (C=O) groups is 4. The molecule has 130 valence electrons. The molecule has 0 atom stereocenters. The van der Waals surface area contributed by atoms with E-state index in [4.69, 9.17) is 19.8 Å². The van der Waals surface area contributed by atoms with Gasteiger partial charge in [0.25, 0.3) is 0 Å². The number of primary amides is 2. The number of nitrogens with two attached hydrogens (primary N) is 2. The topological polar surface area (TPSA) is 185 Å². The fraction of sp³-hybridized carbons (Fsp3) is 0.333. The molecule has 0 heterocycles. The number of aliphatic carboxylic acids is 2. The summed E-state index contributed by atoms with van der Waals surface area (Å²) in [6, 6.07) is 0. The fourth-order valence-electron chi connectivity index (χ4n) is 0.285. The van der Waals surface area contributed by atoms with Crippen molar-refractivity contribution in [2.45, 2.75) is 13.8 Å². The first kappa shape index (κ1) is 32.7. The van der Waals surface area contributed by atoms with E-state index in [1.54, 1.807) is 13.8 Å². The Kier molecular flexibility index (Phi) is 40.0. The fourth-order valence-corrected chi connectivity index (χ4v) is 0.285. The minimum atomic E-state index is -1.23. The molecule has 0 saturated carbocycles. The zero-order chi connectivity index (χ0) is 18.6. The van der Waals surface area contributed by atoms with Crippen molar-refractivity contribution in [3.05, 3.63) is 25.3 Å². The minimum Gasteiger partial charge on any atom is -0.545 e. The molecule has 0 bridgehead atoms. The van der Waals surface area contributed by atoms with Gasteiger partial charge in [0.15, 0.2) is 0 Å². The summed E-state index contributed by atoms with van der Waals surface area (Å²) >= 11 is 0. The van der Waals surface area contributed by atoms with Gasteiger partial charge in [-0.15, -0.1) is 0 Å². The van der Waals surface area contributed by atoms with Crippen LogP contribution in [0.5, 0.6) is 0 Å². The van der Waals surface area contributed by atoms with Crippen LogP contribution in [0.25, 0.3) is 0 Å². The molecule has 0 saturated heterocycles. The van der Waals surface area contributed by atoms with Crippen molar-refractivity contribution in [3.63, 3.8) is 0 Å². The van der Waals surface area contributed by atoms with Crippen molar-refractivity contribution >= 4 is 51.4 Å². The van der Waals surface area contributed by atoms with E-state index in [1.165, 1.54) is 0 Å². The van der Waals surface area contributed by atoms with Gasteiger partial charge in [0.2, 0.25) is 0 Å². The summed E-state index contributed by atoms with van der Waals surface area (Å²) in [5.74, 6) is -2.46. The van der Waals surface area contributed by atoms with E-state index in [0.717, 1.165) is 12.2 Å². The van der Waals surface area contributed by atoms with E-state index in [1.807, 2.05) is 0 Å². The second-order valence-electron chi connectivity index (χ2n) is 2.55. The third-order valence-electron chi connectivity index (χ3n) is 0.907. The number of rotatable bonds is 4. The van der Waals surface area contributed by atoms with Crippen molar-refractivity contribution in [3.8, 4) is 0 Å². The summed E-state index contributed by atoms with van der Waals surface area (Å²) in [6.07, 6.45) is 0.0231. The second-order valence-corrected chi connectivity index (χ2v) is 2.55. The van der Waals surface area contributed by atoms with Crippen LogP contribution in [0.4, 0.5) is 9.59 Å². The van der Waals surface area contributed by atoms with E-state index in [-0.39, 0.29) is 27.3 Å². The van der Waals surface area contributed by atoms with E-state index >= 15 is 0 Å². The molecule has 0 aliphatic heterocycles. The monoisotopic (exact) mass is 528 g/mol. The smallest absolute Gasteiger partial charge is 0.545 e. The molecule has 0 aromatic heterocycles. The van der Waals surface area contributed by atoms with Gasteiger partial charge < -0.3 is 40.7 Å². The van der Waals surface area contributed by atoms with Crippen LogP contribution in [-0.4, -0.2) is 64.6 Å². The normalized spacial score (nSPS) is 6.70. The molecule has 0 aliphatic rings. The molecule has 4 N–H and O–H groups in total. The van der Waals surface area contributed by atoms with Crippen molar-refractivity contribution in [1.82, 2.24) is 0 Å². The summed E-state index contributed by atoms with van der Waals surface area (Å²) in [5, 5.41) is 18.3. The molecule has 10 nitrogen and oxygen atoms in total. The maximum Gasteiger partial charge on any atom is 2.00 e. The van der Waals surface area contributed by atoms with Gasteiger partial charge in [-0.05, 0) is 26.0 Å². The Bertz CT molecular complexity index is 327. The van der Waals surface area contributed by atoms with Gasteiger partial charge in [-0.25, -0.2) is 9.59 Å². The van der Waals surface area contributed by atoms with E-state index in [9.17, 15) is 9.59 Å². The van der Waals surface area contributed by atoms with Crippen LogP contribution in [0.3, 0.4) is 0 Å². The van der Waals surface area contributed by atoms with Gasteiger partial charge in [-0.3, -0.25) is 0 Å². The zero-order valence-electron chi connectivity index (χ0n) is 12.9. The summed E-state index contributed by atoms with van der Waals surface area (Å²) in [4.78, 5) is 37.5. The third-order valence-corrected chi connectivity index (χ3v) is 0.907. The summed E-state index contributed by atoms with van der Waals surface area (Å²) < 4.78 is 8.36. The molecule has 0 aromatic rings. The quantitative estimate of drug-likeness (QED) is 0.301. The van der Waals surface area contributed by atoms with Crippen molar-refractivity contribution < 1.29 is 38.9 Å². The molecule has 2 radical (unpaired) electrons. The predicted octanol–water partition coefficient (Wildman–Crippen LogP) is -2.33. The number of carboxylic acids is 2. The first-order valence-corrected chi connectivity index (χ1v) is 5.60. The van der Waals surface area contributed by atoms with Gasteiger partial charge in [0, 0.05) is 0 Å². The van der Waals surface area contributed by atoms with Crippen LogP contribution < -0.4 is 21.7 Å². The van der Waals surface area contributed by atoms with Crippen molar-refractivity contribution in [2.24, 2.45) is 11.5 Å². The van der Waals surface area contributed by atoms with Crippen molar-refractivity contribution in [2.75, 3.05) is 13.2 Å². The van der Waals surface area contributed by atoms with Crippen LogP contribution in [0, 0.1) is 0 Å². The van der Waals surface area contributed by atoms with Gasteiger partial charge in [0.05, 0.1) is 25.2 Å². The molecule has 0 spiro atoms. The maximum atomic E-state index is 9.60.